The molecule has 0 aliphatic carbocycles. The standard InChI is InChI=1S/C22H24N6O/c1-14-12-18(22(29)24-15(2)19-10-11-27(4)26-19)20-16(3)25-28(21(20)23-14)13-17-8-6-5-7-9-17/h5-12,15H,13H2,1-4H3,(H,24,29)/t15-/m1/s1. The third kappa shape index (κ3) is 3.76. The van der Waals surface area contributed by atoms with Gasteiger partial charge in [0.25, 0.3) is 5.91 Å². The SMILES string of the molecule is Cc1cc(C(=O)N[C@H](C)c2ccn(C)n2)c2c(C)nn(Cc3ccccc3)c2n1. The van der Waals surface area contributed by atoms with Gasteiger partial charge in [0.15, 0.2) is 5.65 Å². The van der Waals surface area contributed by atoms with E-state index in [-0.39, 0.29) is 11.9 Å². The summed E-state index contributed by atoms with van der Waals surface area (Å²) in [7, 11) is 1.86. The molecule has 0 saturated heterocycles. The molecule has 0 unspecified atom stereocenters. The molecule has 4 rings (SSSR count). The second-order valence-electron chi connectivity index (χ2n) is 7.35. The van der Waals surface area contributed by atoms with Gasteiger partial charge in [-0.15, -0.1) is 0 Å². The van der Waals surface area contributed by atoms with Gasteiger partial charge in [0.2, 0.25) is 0 Å². The maximum atomic E-state index is 13.1. The monoisotopic (exact) mass is 388 g/mol. The van der Waals surface area contributed by atoms with Crippen molar-refractivity contribution in [3.8, 4) is 0 Å². The van der Waals surface area contributed by atoms with Gasteiger partial charge < -0.3 is 5.32 Å². The Hall–Kier alpha value is -3.48. The molecule has 1 atom stereocenters. The molecule has 3 heterocycles. The minimum atomic E-state index is -0.202. The number of carbonyl (C=O) groups excluding carboxylic acids is 1. The van der Waals surface area contributed by atoms with E-state index in [0.717, 1.165) is 33.7 Å². The van der Waals surface area contributed by atoms with Gasteiger partial charge in [0, 0.05) is 18.9 Å². The molecule has 0 aliphatic heterocycles. The molecule has 1 N–H and O–H groups in total. The van der Waals surface area contributed by atoms with E-state index in [1.54, 1.807) is 4.68 Å². The first-order valence-electron chi connectivity index (χ1n) is 9.61. The topological polar surface area (TPSA) is 77.6 Å². The van der Waals surface area contributed by atoms with Gasteiger partial charge in [0.1, 0.15) is 0 Å². The lowest BCUT2D eigenvalue weighted by molar-refractivity contribution is 0.0940. The van der Waals surface area contributed by atoms with Gasteiger partial charge >= 0.3 is 0 Å². The van der Waals surface area contributed by atoms with Crippen LogP contribution in [0.4, 0.5) is 0 Å². The van der Waals surface area contributed by atoms with Crippen LogP contribution in [0.25, 0.3) is 11.0 Å². The Morgan fingerprint density at radius 2 is 1.90 bits per heavy atom. The molecule has 1 amide bonds. The zero-order valence-electron chi connectivity index (χ0n) is 17.0. The Balaban J connectivity index is 1.70. The van der Waals surface area contributed by atoms with Crippen LogP contribution in [-0.2, 0) is 13.6 Å². The zero-order chi connectivity index (χ0) is 20.5. The summed E-state index contributed by atoms with van der Waals surface area (Å²) in [6.07, 6.45) is 1.87. The summed E-state index contributed by atoms with van der Waals surface area (Å²) in [5, 5.41) is 12.9. The van der Waals surface area contributed by atoms with Gasteiger partial charge in [0.05, 0.1) is 34.9 Å². The second-order valence-corrected chi connectivity index (χ2v) is 7.35. The highest BCUT2D eigenvalue weighted by molar-refractivity contribution is 6.06. The molecule has 0 saturated carbocycles. The molecule has 7 heteroatoms. The van der Waals surface area contributed by atoms with Gasteiger partial charge in [-0.05, 0) is 38.5 Å². The van der Waals surface area contributed by atoms with Gasteiger partial charge in [-0.25, -0.2) is 9.67 Å². The summed E-state index contributed by atoms with van der Waals surface area (Å²) >= 11 is 0. The molecule has 29 heavy (non-hydrogen) atoms. The van der Waals surface area contributed by atoms with Crippen LogP contribution < -0.4 is 5.32 Å². The number of benzene rings is 1. The predicted octanol–water partition coefficient (Wildman–Crippen LogP) is 3.32. The maximum Gasteiger partial charge on any atom is 0.252 e. The molecule has 0 bridgehead atoms. The van der Waals surface area contributed by atoms with E-state index >= 15 is 0 Å². The van der Waals surface area contributed by atoms with Crippen molar-refractivity contribution >= 4 is 16.9 Å². The molecule has 7 nitrogen and oxygen atoms in total. The number of aromatic nitrogens is 5. The van der Waals surface area contributed by atoms with Crippen molar-refractivity contribution in [1.82, 2.24) is 29.9 Å². The number of rotatable bonds is 5. The third-order valence-electron chi connectivity index (χ3n) is 4.95. The molecule has 0 radical (unpaired) electrons. The summed E-state index contributed by atoms with van der Waals surface area (Å²) in [5.41, 5.74) is 4.84. The van der Waals surface area contributed by atoms with Crippen LogP contribution in [-0.4, -0.2) is 30.5 Å². The predicted molar refractivity (Wildman–Crippen MR) is 112 cm³/mol. The summed E-state index contributed by atoms with van der Waals surface area (Å²) in [5.74, 6) is -0.152. The van der Waals surface area contributed by atoms with Crippen LogP contribution in [0.5, 0.6) is 0 Å². The second kappa shape index (κ2) is 7.50. The first kappa shape index (κ1) is 18.9. The molecule has 148 valence electrons. The van der Waals surface area contributed by atoms with Gasteiger partial charge in [-0.1, -0.05) is 30.3 Å². The largest absolute Gasteiger partial charge is 0.344 e. The van der Waals surface area contributed by atoms with Crippen molar-refractivity contribution < 1.29 is 4.79 Å². The number of hydrogen-bond donors (Lipinski definition) is 1. The number of nitrogens with zero attached hydrogens (tertiary/aromatic N) is 5. The first-order valence-corrected chi connectivity index (χ1v) is 9.61. The van der Waals surface area contributed by atoms with E-state index in [1.807, 2.05) is 69.0 Å². The van der Waals surface area contributed by atoms with Crippen molar-refractivity contribution in [2.24, 2.45) is 7.05 Å². The number of carbonyl (C=O) groups is 1. The highest BCUT2D eigenvalue weighted by Gasteiger charge is 2.21. The molecular formula is C22H24N6O. The van der Waals surface area contributed by atoms with E-state index in [0.29, 0.717) is 12.1 Å². The van der Waals surface area contributed by atoms with Gasteiger partial charge in [-0.3, -0.25) is 9.48 Å². The first-order chi connectivity index (χ1) is 13.9. The van der Waals surface area contributed by atoms with Crippen LogP contribution in [0.2, 0.25) is 0 Å². The molecule has 0 aliphatic rings. The van der Waals surface area contributed by atoms with E-state index in [2.05, 4.69) is 32.6 Å². The normalized spacial score (nSPS) is 12.3. The summed E-state index contributed by atoms with van der Waals surface area (Å²) < 4.78 is 3.59. The van der Waals surface area contributed by atoms with E-state index in [4.69, 9.17) is 0 Å². The molecule has 0 spiro atoms. The van der Waals surface area contributed by atoms with Crippen molar-refractivity contribution in [3.05, 3.63) is 76.9 Å². The number of pyridine rings is 1. The van der Waals surface area contributed by atoms with Gasteiger partial charge in [-0.2, -0.15) is 10.2 Å². The summed E-state index contributed by atoms with van der Waals surface area (Å²) in [6, 6.07) is 13.6. The minimum absolute atomic E-state index is 0.152. The third-order valence-corrected chi connectivity index (χ3v) is 4.95. The quantitative estimate of drug-likeness (QED) is 0.569. The molecular weight excluding hydrogens is 364 g/mol. The zero-order valence-corrected chi connectivity index (χ0v) is 17.0. The van der Waals surface area contributed by atoms with Crippen LogP contribution in [0.3, 0.4) is 0 Å². The number of hydrogen-bond acceptors (Lipinski definition) is 4. The van der Waals surface area contributed by atoms with Crippen molar-refractivity contribution in [1.29, 1.82) is 0 Å². The fraction of sp³-hybridized carbons (Fsp3) is 0.273. The lowest BCUT2D eigenvalue weighted by Gasteiger charge is -2.13. The number of fused-ring (bicyclic) bond motifs is 1. The number of nitrogens with one attached hydrogen (secondary N) is 1. The molecule has 1 aromatic carbocycles. The van der Waals surface area contributed by atoms with Crippen LogP contribution in [0, 0.1) is 13.8 Å². The highest BCUT2D eigenvalue weighted by atomic mass is 16.1. The Morgan fingerprint density at radius 1 is 1.14 bits per heavy atom. The average Bonchev–Trinajstić information content (AvgIpc) is 3.26. The van der Waals surface area contributed by atoms with Crippen molar-refractivity contribution in [3.63, 3.8) is 0 Å². The van der Waals surface area contributed by atoms with E-state index in [9.17, 15) is 4.79 Å². The Morgan fingerprint density at radius 3 is 2.59 bits per heavy atom. The average molecular weight is 388 g/mol. The molecule has 3 aromatic heterocycles. The fourth-order valence-electron chi connectivity index (χ4n) is 3.54. The Kier molecular flexibility index (Phi) is 4.88. The number of amides is 1. The fourth-order valence-corrected chi connectivity index (χ4v) is 3.54. The smallest absolute Gasteiger partial charge is 0.252 e. The van der Waals surface area contributed by atoms with Crippen LogP contribution in [0.15, 0.2) is 48.7 Å². The van der Waals surface area contributed by atoms with E-state index < -0.39 is 0 Å². The van der Waals surface area contributed by atoms with Crippen LogP contribution >= 0.6 is 0 Å². The highest BCUT2D eigenvalue weighted by Crippen LogP contribution is 2.24. The van der Waals surface area contributed by atoms with Crippen LogP contribution in [0.1, 0.15) is 46.0 Å². The molecule has 4 aromatic rings. The lowest BCUT2D eigenvalue weighted by Crippen LogP contribution is -2.27. The van der Waals surface area contributed by atoms with E-state index in [1.165, 1.54) is 0 Å². The Bertz CT molecular complexity index is 1170. The van der Waals surface area contributed by atoms with Crippen molar-refractivity contribution in [2.45, 2.75) is 33.4 Å². The number of aryl methyl sites for hydroxylation is 3. The Labute approximate surface area is 169 Å². The lowest BCUT2D eigenvalue weighted by atomic mass is 10.1. The molecule has 0 fully saturated rings. The van der Waals surface area contributed by atoms with Crippen molar-refractivity contribution in [2.75, 3.05) is 0 Å². The minimum Gasteiger partial charge on any atom is -0.344 e. The maximum absolute atomic E-state index is 13.1. The summed E-state index contributed by atoms with van der Waals surface area (Å²) in [6.45, 7) is 6.34. The summed E-state index contributed by atoms with van der Waals surface area (Å²) in [4.78, 5) is 17.8.